The number of nitrogens with one attached hydrogen (secondary N) is 1. The summed E-state index contributed by atoms with van der Waals surface area (Å²) in [5.74, 6) is 0. The maximum absolute atomic E-state index is 5.87. The number of rotatable bonds is 6. The molecule has 1 saturated carbocycles. The zero-order valence-corrected chi connectivity index (χ0v) is 14.7. The number of hydrogen-bond acceptors (Lipinski definition) is 3. The van der Waals surface area contributed by atoms with E-state index in [1.165, 1.54) is 51.6 Å². The topological polar surface area (TPSA) is 24.5 Å². The Bertz CT molecular complexity index is 300. The van der Waals surface area contributed by atoms with Crippen molar-refractivity contribution in [3.8, 4) is 0 Å². The first kappa shape index (κ1) is 17.2. The van der Waals surface area contributed by atoms with E-state index in [2.05, 4.69) is 37.9 Å². The summed E-state index contributed by atoms with van der Waals surface area (Å²) in [5.41, 5.74) is 0.493. The smallest absolute Gasteiger partial charge is 0.0674 e. The summed E-state index contributed by atoms with van der Waals surface area (Å²) in [6, 6.07) is 1.22. The molecule has 0 radical (unpaired) electrons. The Morgan fingerprint density at radius 1 is 1.24 bits per heavy atom. The molecule has 1 heterocycles. The fraction of sp³-hybridized carbons (Fsp3) is 1.00. The van der Waals surface area contributed by atoms with Gasteiger partial charge in [-0.2, -0.15) is 0 Å². The van der Waals surface area contributed by atoms with E-state index in [4.69, 9.17) is 4.74 Å². The van der Waals surface area contributed by atoms with Gasteiger partial charge in [0.1, 0.15) is 0 Å². The summed E-state index contributed by atoms with van der Waals surface area (Å²) in [7, 11) is 0. The van der Waals surface area contributed by atoms with Crippen LogP contribution >= 0.6 is 0 Å². The van der Waals surface area contributed by atoms with Crippen LogP contribution in [-0.2, 0) is 4.74 Å². The van der Waals surface area contributed by atoms with Gasteiger partial charge in [-0.1, -0.05) is 40.0 Å². The zero-order chi connectivity index (χ0) is 15.3. The second-order valence-electron chi connectivity index (χ2n) is 7.73. The van der Waals surface area contributed by atoms with E-state index in [9.17, 15) is 0 Å². The van der Waals surface area contributed by atoms with E-state index in [0.717, 1.165) is 13.2 Å². The third kappa shape index (κ3) is 4.94. The summed E-state index contributed by atoms with van der Waals surface area (Å²) in [6.45, 7) is 13.5. The van der Waals surface area contributed by atoms with Crippen LogP contribution in [0.15, 0.2) is 0 Å². The van der Waals surface area contributed by atoms with Gasteiger partial charge in [0.05, 0.1) is 12.7 Å². The molecule has 124 valence electrons. The lowest BCUT2D eigenvalue weighted by Gasteiger charge is -2.46. The Labute approximate surface area is 131 Å². The van der Waals surface area contributed by atoms with Crippen LogP contribution in [0.2, 0.25) is 0 Å². The lowest BCUT2D eigenvalue weighted by atomic mass is 9.73. The van der Waals surface area contributed by atoms with E-state index in [1.807, 2.05) is 0 Å². The van der Waals surface area contributed by atoms with Crippen molar-refractivity contribution in [2.45, 2.75) is 84.4 Å². The van der Waals surface area contributed by atoms with Gasteiger partial charge in [0.15, 0.2) is 0 Å². The fourth-order valence-corrected chi connectivity index (χ4v) is 4.03. The highest BCUT2D eigenvalue weighted by Gasteiger charge is 2.37. The number of hydrogen-bond donors (Lipinski definition) is 1. The SMILES string of the molecule is CCC1COC(C)CN1CC1(CNC(C)C)CCCCC1. The Morgan fingerprint density at radius 2 is 1.95 bits per heavy atom. The summed E-state index contributed by atoms with van der Waals surface area (Å²) in [4.78, 5) is 2.74. The Kier molecular flexibility index (Phi) is 6.51. The molecule has 1 aliphatic heterocycles. The van der Waals surface area contributed by atoms with Crippen molar-refractivity contribution >= 4 is 0 Å². The van der Waals surface area contributed by atoms with Crippen LogP contribution in [0.4, 0.5) is 0 Å². The molecule has 0 aromatic heterocycles. The van der Waals surface area contributed by atoms with Crippen molar-refractivity contribution < 1.29 is 4.74 Å². The third-order valence-corrected chi connectivity index (χ3v) is 5.39. The van der Waals surface area contributed by atoms with Gasteiger partial charge in [0.2, 0.25) is 0 Å². The molecule has 2 rings (SSSR count). The minimum atomic E-state index is 0.395. The van der Waals surface area contributed by atoms with Gasteiger partial charge in [-0.15, -0.1) is 0 Å². The average Bonchev–Trinajstić information content (AvgIpc) is 2.46. The zero-order valence-electron chi connectivity index (χ0n) is 14.7. The molecule has 0 bridgehead atoms. The van der Waals surface area contributed by atoms with Crippen LogP contribution in [0.3, 0.4) is 0 Å². The highest BCUT2D eigenvalue weighted by Crippen LogP contribution is 2.37. The quantitative estimate of drug-likeness (QED) is 0.812. The second kappa shape index (κ2) is 7.94. The molecule has 0 aromatic rings. The number of ether oxygens (including phenoxy) is 1. The first-order valence-corrected chi connectivity index (χ1v) is 9.14. The largest absolute Gasteiger partial charge is 0.376 e. The van der Waals surface area contributed by atoms with Gasteiger partial charge in [-0.05, 0) is 31.6 Å². The van der Waals surface area contributed by atoms with Crippen LogP contribution in [0.1, 0.15) is 66.2 Å². The molecule has 0 spiro atoms. The average molecular weight is 296 g/mol. The molecule has 1 aliphatic carbocycles. The summed E-state index contributed by atoms with van der Waals surface area (Å²) < 4.78 is 5.87. The standard InChI is InChI=1S/C18H36N2O/c1-5-17-12-21-16(4)11-20(17)14-18(13-19-15(2)3)9-7-6-8-10-18/h15-17,19H,5-14H2,1-4H3. The molecule has 3 nitrogen and oxygen atoms in total. The molecule has 21 heavy (non-hydrogen) atoms. The van der Waals surface area contributed by atoms with Crippen molar-refractivity contribution in [2.24, 2.45) is 5.41 Å². The highest BCUT2D eigenvalue weighted by molar-refractivity contribution is 4.91. The molecule has 0 aromatic carbocycles. The molecule has 3 heteroatoms. The Morgan fingerprint density at radius 3 is 2.57 bits per heavy atom. The van der Waals surface area contributed by atoms with Crippen LogP contribution in [0.25, 0.3) is 0 Å². The number of morpholine rings is 1. The second-order valence-corrected chi connectivity index (χ2v) is 7.73. The predicted octanol–water partition coefficient (Wildman–Crippen LogP) is 3.43. The van der Waals surface area contributed by atoms with Gasteiger partial charge in [0.25, 0.3) is 0 Å². The maximum Gasteiger partial charge on any atom is 0.0674 e. The lowest BCUT2D eigenvalue weighted by Crippen LogP contribution is -2.55. The minimum Gasteiger partial charge on any atom is -0.376 e. The lowest BCUT2D eigenvalue weighted by molar-refractivity contribution is -0.0731. The summed E-state index contributed by atoms with van der Waals surface area (Å²) >= 11 is 0. The van der Waals surface area contributed by atoms with E-state index in [-0.39, 0.29) is 0 Å². The molecule has 0 amide bonds. The van der Waals surface area contributed by atoms with Crippen molar-refractivity contribution in [1.82, 2.24) is 10.2 Å². The molecule has 1 N–H and O–H groups in total. The molecule has 2 aliphatic rings. The molecule has 2 atom stereocenters. The highest BCUT2D eigenvalue weighted by atomic mass is 16.5. The number of nitrogens with zero attached hydrogens (tertiary/aromatic N) is 1. The van der Waals surface area contributed by atoms with Gasteiger partial charge < -0.3 is 10.1 Å². The molecular weight excluding hydrogens is 260 g/mol. The van der Waals surface area contributed by atoms with Crippen molar-refractivity contribution in [3.63, 3.8) is 0 Å². The monoisotopic (exact) mass is 296 g/mol. The first-order chi connectivity index (χ1) is 10.0. The van der Waals surface area contributed by atoms with Crippen LogP contribution in [-0.4, -0.2) is 49.3 Å². The van der Waals surface area contributed by atoms with E-state index in [0.29, 0.717) is 23.6 Å². The Hall–Kier alpha value is -0.120. The molecular formula is C18H36N2O. The van der Waals surface area contributed by atoms with Crippen molar-refractivity contribution in [3.05, 3.63) is 0 Å². The van der Waals surface area contributed by atoms with Gasteiger partial charge >= 0.3 is 0 Å². The van der Waals surface area contributed by atoms with Gasteiger partial charge in [-0.25, -0.2) is 0 Å². The molecule has 2 unspecified atom stereocenters. The minimum absolute atomic E-state index is 0.395. The summed E-state index contributed by atoms with van der Waals surface area (Å²) in [6.07, 6.45) is 8.66. The van der Waals surface area contributed by atoms with Crippen molar-refractivity contribution in [1.29, 1.82) is 0 Å². The van der Waals surface area contributed by atoms with Crippen molar-refractivity contribution in [2.75, 3.05) is 26.2 Å². The normalized spacial score (nSPS) is 30.7. The van der Waals surface area contributed by atoms with Gasteiger partial charge in [0, 0.05) is 31.7 Å². The molecule has 2 fully saturated rings. The Balaban J connectivity index is 2.01. The van der Waals surface area contributed by atoms with E-state index >= 15 is 0 Å². The third-order valence-electron chi connectivity index (χ3n) is 5.39. The summed E-state index contributed by atoms with van der Waals surface area (Å²) in [5, 5.41) is 3.73. The fourth-order valence-electron chi connectivity index (χ4n) is 4.03. The predicted molar refractivity (Wildman–Crippen MR) is 89.7 cm³/mol. The van der Waals surface area contributed by atoms with E-state index in [1.54, 1.807) is 0 Å². The first-order valence-electron chi connectivity index (χ1n) is 9.14. The van der Waals surface area contributed by atoms with Gasteiger partial charge in [-0.3, -0.25) is 4.90 Å². The van der Waals surface area contributed by atoms with E-state index < -0.39 is 0 Å². The maximum atomic E-state index is 5.87. The van der Waals surface area contributed by atoms with Crippen LogP contribution < -0.4 is 5.32 Å². The van der Waals surface area contributed by atoms with Crippen LogP contribution in [0, 0.1) is 5.41 Å². The van der Waals surface area contributed by atoms with Crippen LogP contribution in [0.5, 0.6) is 0 Å². The molecule has 1 saturated heterocycles.